The summed E-state index contributed by atoms with van der Waals surface area (Å²) < 4.78 is 0. The monoisotopic (exact) mass is 275 g/mol. The molecule has 0 radical (unpaired) electrons. The van der Waals surface area contributed by atoms with Crippen molar-refractivity contribution in [1.29, 1.82) is 0 Å². The second kappa shape index (κ2) is 7.41. The quantitative estimate of drug-likeness (QED) is 0.851. The molecule has 0 aliphatic carbocycles. The molecule has 4 nitrogen and oxygen atoms in total. The Bertz CT molecular complexity index is 430. The van der Waals surface area contributed by atoms with Gasteiger partial charge in [0.2, 0.25) is 5.91 Å². The van der Waals surface area contributed by atoms with Crippen LogP contribution in [0.1, 0.15) is 24.0 Å². The van der Waals surface area contributed by atoms with Crippen LogP contribution >= 0.6 is 0 Å². The van der Waals surface area contributed by atoms with Gasteiger partial charge < -0.3 is 11.1 Å². The van der Waals surface area contributed by atoms with Crippen molar-refractivity contribution in [2.45, 2.75) is 26.3 Å². The lowest BCUT2D eigenvalue weighted by Crippen LogP contribution is -2.43. The molecule has 20 heavy (non-hydrogen) atoms. The van der Waals surface area contributed by atoms with E-state index in [1.807, 2.05) is 0 Å². The van der Waals surface area contributed by atoms with Crippen LogP contribution in [-0.4, -0.2) is 37.0 Å². The van der Waals surface area contributed by atoms with Gasteiger partial charge in [-0.3, -0.25) is 9.69 Å². The van der Waals surface area contributed by atoms with Gasteiger partial charge in [0, 0.05) is 26.2 Å². The first kappa shape index (κ1) is 15.0. The number of benzene rings is 1. The van der Waals surface area contributed by atoms with Crippen molar-refractivity contribution >= 4 is 5.91 Å². The van der Waals surface area contributed by atoms with E-state index in [1.165, 1.54) is 11.1 Å². The molecule has 1 amide bonds. The van der Waals surface area contributed by atoms with Gasteiger partial charge in [0.05, 0.1) is 5.92 Å². The van der Waals surface area contributed by atoms with Crippen LogP contribution in [0.3, 0.4) is 0 Å². The molecule has 1 saturated heterocycles. The third-order valence-corrected chi connectivity index (χ3v) is 3.85. The molecule has 2 rings (SSSR count). The van der Waals surface area contributed by atoms with Crippen molar-refractivity contribution in [3.05, 3.63) is 35.4 Å². The van der Waals surface area contributed by atoms with Gasteiger partial charge in [0.15, 0.2) is 0 Å². The molecule has 110 valence electrons. The summed E-state index contributed by atoms with van der Waals surface area (Å²) >= 11 is 0. The molecule has 1 aliphatic rings. The Morgan fingerprint density at radius 2 is 2.15 bits per heavy atom. The zero-order chi connectivity index (χ0) is 14.4. The fourth-order valence-electron chi connectivity index (χ4n) is 2.70. The summed E-state index contributed by atoms with van der Waals surface area (Å²) in [5.74, 6) is 0.268. The van der Waals surface area contributed by atoms with Crippen molar-refractivity contribution in [3.8, 4) is 0 Å². The second-order valence-electron chi connectivity index (χ2n) is 5.64. The van der Waals surface area contributed by atoms with Crippen LogP contribution in [0, 0.1) is 12.8 Å². The Labute approximate surface area is 121 Å². The zero-order valence-corrected chi connectivity index (χ0v) is 12.3. The summed E-state index contributed by atoms with van der Waals surface area (Å²) in [5, 5.41) is 2.90. The van der Waals surface area contributed by atoms with Gasteiger partial charge in [-0.05, 0) is 31.9 Å². The number of carbonyl (C=O) groups excluding carboxylic acids is 1. The normalized spacial score (nSPS) is 19.8. The molecule has 0 spiro atoms. The predicted octanol–water partition coefficient (Wildman–Crippen LogP) is 1.28. The number of aryl methyl sites for hydroxylation is 1. The minimum Gasteiger partial charge on any atom is -0.355 e. The van der Waals surface area contributed by atoms with Gasteiger partial charge in [-0.2, -0.15) is 0 Å². The maximum Gasteiger partial charge on any atom is 0.224 e. The molecule has 1 atom stereocenters. The molecule has 4 heteroatoms. The summed E-state index contributed by atoms with van der Waals surface area (Å²) in [5.41, 5.74) is 8.02. The molecular formula is C16H25N3O. The number of likely N-dealkylation sites (tertiary alicyclic amines) is 1. The summed E-state index contributed by atoms with van der Waals surface area (Å²) in [6.45, 7) is 6.04. The van der Waals surface area contributed by atoms with Crippen molar-refractivity contribution < 1.29 is 4.79 Å². The SMILES string of the molecule is Cc1ccc(CN2CCCC(C(=O)NCCN)C2)cc1. The summed E-state index contributed by atoms with van der Waals surface area (Å²) in [7, 11) is 0. The summed E-state index contributed by atoms with van der Waals surface area (Å²) in [6.07, 6.45) is 2.08. The predicted molar refractivity (Wildman–Crippen MR) is 81.2 cm³/mol. The minimum atomic E-state index is 0.112. The molecule has 0 saturated carbocycles. The standard InChI is InChI=1S/C16H25N3O/c1-13-4-6-14(7-5-13)11-19-10-2-3-15(12-19)16(20)18-9-8-17/h4-7,15H,2-3,8-12,17H2,1H3,(H,18,20). The third kappa shape index (κ3) is 4.32. The zero-order valence-electron chi connectivity index (χ0n) is 12.3. The largest absolute Gasteiger partial charge is 0.355 e. The Morgan fingerprint density at radius 3 is 2.85 bits per heavy atom. The molecule has 0 bridgehead atoms. The molecule has 0 aromatic heterocycles. The number of nitrogens with two attached hydrogens (primary N) is 1. The van der Waals surface area contributed by atoms with Crippen LogP contribution in [0.5, 0.6) is 0 Å². The Morgan fingerprint density at radius 1 is 1.40 bits per heavy atom. The van der Waals surface area contributed by atoms with E-state index in [-0.39, 0.29) is 11.8 Å². The van der Waals surface area contributed by atoms with E-state index in [1.54, 1.807) is 0 Å². The fraction of sp³-hybridized carbons (Fsp3) is 0.562. The van der Waals surface area contributed by atoms with Crippen LogP contribution in [0.25, 0.3) is 0 Å². The maximum atomic E-state index is 12.0. The van der Waals surface area contributed by atoms with E-state index in [0.717, 1.165) is 32.5 Å². The highest BCUT2D eigenvalue weighted by Crippen LogP contribution is 2.19. The Balaban J connectivity index is 1.86. The van der Waals surface area contributed by atoms with E-state index in [0.29, 0.717) is 13.1 Å². The number of piperidine rings is 1. The molecular weight excluding hydrogens is 250 g/mol. The number of carbonyl (C=O) groups is 1. The lowest BCUT2D eigenvalue weighted by molar-refractivity contribution is -0.126. The number of hydrogen-bond acceptors (Lipinski definition) is 3. The lowest BCUT2D eigenvalue weighted by Gasteiger charge is -2.32. The molecule has 3 N–H and O–H groups in total. The van der Waals surface area contributed by atoms with Crippen molar-refractivity contribution in [3.63, 3.8) is 0 Å². The maximum absolute atomic E-state index is 12.0. The number of hydrogen-bond donors (Lipinski definition) is 2. The van der Waals surface area contributed by atoms with Gasteiger partial charge >= 0.3 is 0 Å². The first-order chi connectivity index (χ1) is 9.69. The van der Waals surface area contributed by atoms with E-state index in [9.17, 15) is 4.79 Å². The van der Waals surface area contributed by atoms with Gasteiger partial charge in [-0.1, -0.05) is 29.8 Å². The first-order valence-electron chi connectivity index (χ1n) is 7.44. The van der Waals surface area contributed by atoms with E-state index >= 15 is 0 Å². The minimum absolute atomic E-state index is 0.112. The van der Waals surface area contributed by atoms with Crippen LogP contribution in [-0.2, 0) is 11.3 Å². The van der Waals surface area contributed by atoms with Crippen LogP contribution < -0.4 is 11.1 Å². The molecule has 1 aromatic rings. The average molecular weight is 275 g/mol. The van der Waals surface area contributed by atoms with Gasteiger partial charge in [-0.25, -0.2) is 0 Å². The average Bonchev–Trinajstić information content (AvgIpc) is 2.47. The lowest BCUT2D eigenvalue weighted by atomic mass is 9.96. The highest BCUT2D eigenvalue weighted by Gasteiger charge is 2.25. The number of nitrogens with one attached hydrogen (secondary N) is 1. The first-order valence-corrected chi connectivity index (χ1v) is 7.44. The second-order valence-corrected chi connectivity index (χ2v) is 5.64. The van der Waals surface area contributed by atoms with Crippen LogP contribution in [0.4, 0.5) is 0 Å². The summed E-state index contributed by atoms with van der Waals surface area (Å²) in [6, 6.07) is 8.64. The van der Waals surface area contributed by atoms with Crippen LogP contribution in [0.15, 0.2) is 24.3 Å². The van der Waals surface area contributed by atoms with Crippen molar-refractivity contribution in [2.75, 3.05) is 26.2 Å². The molecule has 1 fully saturated rings. The van der Waals surface area contributed by atoms with Crippen molar-refractivity contribution in [2.24, 2.45) is 11.7 Å². The molecule has 1 unspecified atom stereocenters. The van der Waals surface area contributed by atoms with Gasteiger partial charge in [0.25, 0.3) is 0 Å². The Hall–Kier alpha value is -1.39. The number of rotatable bonds is 5. The molecule has 1 aromatic carbocycles. The highest BCUT2D eigenvalue weighted by molar-refractivity contribution is 5.78. The highest BCUT2D eigenvalue weighted by atomic mass is 16.1. The number of amides is 1. The molecule has 1 aliphatic heterocycles. The van der Waals surface area contributed by atoms with E-state index < -0.39 is 0 Å². The van der Waals surface area contributed by atoms with Gasteiger partial charge in [-0.15, -0.1) is 0 Å². The Kier molecular flexibility index (Phi) is 5.56. The molecule has 1 heterocycles. The van der Waals surface area contributed by atoms with E-state index in [2.05, 4.69) is 41.4 Å². The topological polar surface area (TPSA) is 58.4 Å². The van der Waals surface area contributed by atoms with Crippen molar-refractivity contribution in [1.82, 2.24) is 10.2 Å². The smallest absolute Gasteiger partial charge is 0.224 e. The van der Waals surface area contributed by atoms with Crippen LogP contribution in [0.2, 0.25) is 0 Å². The summed E-state index contributed by atoms with van der Waals surface area (Å²) in [4.78, 5) is 14.4. The third-order valence-electron chi connectivity index (χ3n) is 3.85. The van der Waals surface area contributed by atoms with E-state index in [4.69, 9.17) is 5.73 Å². The van der Waals surface area contributed by atoms with Gasteiger partial charge in [0.1, 0.15) is 0 Å². The fourth-order valence-corrected chi connectivity index (χ4v) is 2.70. The number of nitrogens with zero attached hydrogens (tertiary/aromatic N) is 1.